The standard InChI is InChI=1S/C10H10O10P2.4Na/c11-6-3-1-2-5-9(6)8(19-21(13,14)15)4-7(12)10(5)20-22(16,17)18;;;;/h1-4,11-12H,(H2,13,14,15)(H2,16,17,18);;;;/q;4*+1/p-4. The van der Waals surface area contributed by atoms with Crippen LogP contribution in [0.3, 0.4) is 0 Å². The Hall–Kier alpha value is 2.20. The zero-order valence-electron chi connectivity index (χ0n) is 14.4. The molecule has 0 spiro atoms. The van der Waals surface area contributed by atoms with Crippen molar-refractivity contribution in [2.75, 3.05) is 0 Å². The average Bonchev–Trinajstić information content (AvgIpc) is 2.30. The average molecular weight is 440 g/mol. The van der Waals surface area contributed by atoms with E-state index in [9.17, 15) is 38.9 Å². The molecule has 120 valence electrons. The van der Waals surface area contributed by atoms with Crippen LogP contribution in [0.2, 0.25) is 0 Å². The van der Waals surface area contributed by atoms with Crippen LogP contribution in [-0.4, -0.2) is 10.2 Å². The third kappa shape index (κ3) is 9.34. The summed E-state index contributed by atoms with van der Waals surface area (Å²) in [7, 11) is -11.1. The summed E-state index contributed by atoms with van der Waals surface area (Å²) in [4.78, 5) is 42.8. The maximum Gasteiger partial charge on any atom is 1.00 e. The van der Waals surface area contributed by atoms with E-state index in [2.05, 4.69) is 9.05 Å². The smallest absolute Gasteiger partial charge is 0.780 e. The number of phenolic OH excluding ortho intramolecular Hbond substituents is 2. The van der Waals surface area contributed by atoms with Gasteiger partial charge in [-0.2, -0.15) is 0 Å². The minimum Gasteiger partial charge on any atom is -0.780 e. The maximum atomic E-state index is 10.7. The van der Waals surface area contributed by atoms with Gasteiger partial charge in [-0.05, 0) is 6.07 Å². The number of hydrogen-bond acceptors (Lipinski definition) is 10. The molecule has 0 fully saturated rings. The van der Waals surface area contributed by atoms with Crippen LogP contribution in [0.1, 0.15) is 0 Å². The van der Waals surface area contributed by atoms with E-state index in [0.29, 0.717) is 6.07 Å². The number of hydrogen-bond donors (Lipinski definition) is 2. The van der Waals surface area contributed by atoms with Gasteiger partial charge < -0.3 is 48.0 Å². The van der Waals surface area contributed by atoms with E-state index in [1.54, 1.807) is 0 Å². The van der Waals surface area contributed by atoms with Crippen molar-refractivity contribution < 1.29 is 166 Å². The van der Waals surface area contributed by atoms with E-state index < -0.39 is 44.0 Å². The zero-order chi connectivity index (χ0) is 16.7. The molecule has 2 aromatic carbocycles. The van der Waals surface area contributed by atoms with E-state index in [1.807, 2.05) is 0 Å². The predicted molar refractivity (Wildman–Crippen MR) is 63.7 cm³/mol. The molecular formula is C10H6Na4O10P2. The van der Waals surface area contributed by atoms with Gasteiger partial charge in [0.1, 0.15) is 27.1 Å². The largest absolute Gasteiger partial charge is 1.00 e. The van der Waals surface area contributed by atoms with Gasteiger partial charge in [0.25, 0.3) is 0 Å². The van der Waals surface area contributed by atoms with E-state index in [4.69, 9.17) is 0 Å². The number of phenols is 2. The first-order valence-electron chi connectivity index (χ1n) is 5.39. The van der Waals surface area contributed by atoms with E-state index in [0.717, 1.165) is 12.1 Å². The molecule has 16 heteroatoms. The van der Waals surface area contributed by atoms with Crippen molar-refractivity contribution in [3.63, 3.8) is 0 Å². The predicted octanol–water partition coefficient (Wildman–Crippen LogP) is -13.3. The molecular weight excluding hydrogens is 434 g/mol. The Bertz CT molecular complexity index is 836. The number of phosphoric acid groups is 2. The van der Waals surface area contributed by atoms with Crippen LogP contribution >= 0.6 is 15.6 Å². The minimum atomic E-state index is -5.55. The second-order valence-corrected chi connectivity index (χ2v) is 6.15. The molecule has 0 saturated carbocycles. The van der Waals surface area contributed by atoms with Gasteiger partial charge in [-0.3, -0.25) is 0 Å². The Balaban J connectivity index is -0.00000132. The molecule has 2 N–H and O–H groups in total. The molecule has 0 aliphatic rings. The minimum absolute atomic E-state index is 0. The molecule has 0 amide bonds. The third-order valence-corrected chi connectivity index (χ3v) is 3.27. The normalized spacial score (nSPS) is 10.5. The van der Waals surface area contributed by atoms with Crippen molar-refractivity contribution >= 4 is 26.4 Å². The number of fused-ring (bicyclic) bond motifs is 1. The molecule has 0 saturated heterocycles. The Morgan fingerprint density at radius 3 is 1.77 bits per heavy atom. The molecule has 2 rings (SSSR count). The number of aromatic hydroxyl groups is 2. The fourth-order valence-corrected chi connectivity index (χ4v) is 2.59. The van der Waals surface area contributed by atoms with Crippen LogP contribution < -0.4 is 147 Å². The summed E-state index contributed by atoms with van der Waals surface area (Å²) < 4.78 is 29.6. The van der Waals surface area contributed by atoms with Gasteiger partial charge in [0.2, 0.25) is 0 Å². The van der Waals surface area contributed by atoms with Gasteiger partial charge in [0.05, 0.1) is 5.39 Å². The number of benzene rings is 2. The first kappa shape index (κ1) is 32.9. The SMILES string of the molecule is O=P([O-])([O-])Oc1c(O)cc(OP(=O)([O-])[O-])c2c(O)cccc12.[Na+].[Na+].[Na+].[Na+]. The molecule has 0 aromatic heterocycles. The van der Waals surface area contributed by atoms with Crippen LogP contribution in [0.4, 0.5) is 0 Å². The van der Waals surface area contributed by atoms with Crippen molar-refractivity contribution in [3.05, 3.63) is 24.3 Å². The van der Waals surface area contributed by atoms with Crippen molar-refractivity contribution in [2.24, 2.45) is 0 Å². The van der Waals surface area contributed by atoms with Crippen LogP contribution in [0, 0.1) is 0 Å². The van der Waals surface area contributed by atoms with Crippen molar-refractivity contribution in [3.8, 4) is 23.0 Å². The van der Waals surface area contributed by atoms with Crippen LogP contribution in [0.5, 0.6) is 23.0 Å². The number of phosphoric ester groups is 2. The van der Waals surface area contributed by atoms with Gasteiger partial charge in [0.15, 0.2) is 11.5 Å². The van der Waals surface area contributed by atoms with Crippen molar-refractivity contribution in [1.82, 2.24) is 0 Å². The van der Waals surface area contributed by atoms with Gasteiger partial charge in [-0.1, -0.05) is 12.1 Å². The quantitative estimate of drug-likeness (QED) is 0.342. The monoisotopic (exact) mass is 440 g/mol. The second kappa shape index (κ2) is 12.8. The van der Waals surface area contributed by atoms with Gasteiger partial charge >= 0.3 is 118 Å². The fraction of sp³-hybridized carbons (Fsp3) is 0. The van der Waals surface area contributed by atoms with Crippen LogP contribution in [-0.2, 0) is 9.13 Å². The molecule has 0 heterocycles. The molecule has 0 atom stereocenters. The molecule has 10 nitrogen and oxygen atoms in total. The van der Waals surface area contributed by atoms with E-state index in [-0.39, 0.29) is 124 Å². The fourth-order valence-electron chi connectivity index (χ4n) is 1.79. The third-order valence-electron chi connectivity index (χ3n) is 2.45. The van der Waals surface area contributed by atoms with Crippen molar-refractivity contribution in [1.29, 1.82) is 0 Å². The first-order chi connectivity index (χ1) is 9.98. The Morgan fingerprint density at radius 2 is 1.31 bits per heavy atom. The molecule has 0 radical (unpaired) electrons. The Morgan fingerprint density at radius 1 is 0.808 bits per heavy atom. The number of rotatable bonds is 4. The Labute approximate surface area is 236 Å². The summed E-state index contributed by atoms with van der Waals surface area (Å²) in [5, 5.41) is 18.6. The van der Waals surface area contributed by atoms with Gasteiger partial charge in [-0.15, -0.1) is 0 Å². The zero-order valence-corrected chi connectivity index (χ0v) is 24.2. The summed E-state index contributed by atoms with van der Waals surface area (Å²) in [6, 6.07) is 3.90. The molecule has 26 heavy (non-hydrogen) atoms. The van der Waals surface area contributed by atoms with Crippen LogP contribution in [0.25, 0.3) is 10.8 Å². The second-order valence-electron chi connectivity index (χ2n) is 4.00. The summed E-state index contributed by atoms with van der Waals surface area (Å²) in [6.45, 7) is 0. The molecule has 0 aliphatic carbocycles. The topological polar surface area (TPSA) is 185 Å². The summed E-state index contributed by atoms with van der Waals surface area (Å²) in [5.41, 5.74) is 0. The first-order valence-corrected chi connectivity index (χ1v) is 8.31. The summed E-state index contributed by atoms with van der Waals surface area (Å²) in [5.74, 6) is -3.16. The van der Waals surface area contributed by atoms with Gasteiger partial charge in [-0.25, -0.2) is 0 Å². The molecule has 0 bridgehead atoms. The van der Waals surface area contributed by atoms with E-state index >= 15 is 0 Å². The summed E-state index contributed by atoms with van der Waals surface area (Å²) >= 11 is 0. The van der Waals surface area contributed by atoms with E-state index in [1.165, 1.54) is 6.07 Å². The Kier molecular flexibility index (Phi) is 16.2. The van der Waals surface area contributed by atoms with Gasteiger partial charge in [0, 0.05) is 11.5 Å². The van der Waals surface area contributed by atoms with Crippen LogP contribution in [0.15, 0.2) is 24.3 Å². The maximum absolute atomic E-state index is 10.7. The van der Waals surface area contributed by atoms with Crippen molar-refractivity contribution in [2.45, 2.75) is 0 Å². The molecule has 2 aromatic rings. The molecule has 0 aliphatic heterocycles. The molecule has 0 unspecified atom stereocenters. The summed E-state index contributed by atoms with van der Waals surface area (Å²) in [6.07, 6.45) is 0.